The Kier molecular flexibility index (Phi) is 6.21. The van der Waals surface area contributed by atoms with E-state index < -0.39 is 41.8 Å². The average molecular weight is 457 g/mol. The molecule has 1 atom stereocenters. The lowest BCUT2D eigenvalue weighted by Gasteiger charge is -2.15. The van der Waals surface area contributed by atoms with Gasteiger partial charge in [0.2, 0.25) is 10.0 Å². The number of aromatic hydroxyl groups is 1. The van der Waals surface area contributed by atoms with Crippen LogP contribution in [0.3, 0.4) is 0 Å². The Hall–Kier alpha value is -2.81. The molecule has 0 amide bonds. The fraction of sp³-hybridized carbons (Fsp3) is 0.312. The van der Waals surface area contributed by atoms with Gasteiger partial charge in [-0.25, -0.2) is 36.5 Å². The topological polar surface area (TPSA) is 179 Å². The van der Waals surface area contributed by atoms with Crippen LogP contribution in [0.25, 0.3) is 11.2 Å². The van der Waals surface area contributed by atoms with E-state index in [-0.39, 0.29) is 19.0 Å². The van der Waals surface area contributed by atoms with Crippen molar-refractivity contribution in [2.24, 2.45) is 0 Å². The van der Waals surface area contributed by atoms with Gasteiger partial charge in [0.1, 0.15) is 28.7 Å². The van der Waals surface area contributed by atoms with Crippen LogP contribution in [-0.4, -0.2) is 59.7 Å². The van der Waals surface area contributed by atoms with Crippen LogP contribution < -0.4 is 10.5 Å². The number of ether oxygens (including phenoxy) is 1. The van der Waals surface area contributed by atoms with Crippen molar-refractivity contribution in [1.82, 2.24) is 24.2 Å². The Labute approximate surface area is 172 Å². The molecule has 0 fully saturated rings. The summed E-state index contributed by atoms with van der Waals surface area (Å²) in [5.74, 6) is -0.286. The van der Waals surface area contributed by atoms with E-state index in [1.807, 2.05) is 0 Å². The SMILES string of the molecule is C[C@@H](OCCNS(=O)(=O)CS(=O)(=O)c1ccccc1O)n1cnc2c(N)ncnc21. The maximum atomic E-state index is 12.3. The molecule has 30 heavy (non-hydrogen) atoms. The summed E-state index contributed by atoms with van der Waals surface area (Å²) in [5, 5.41) is 8.46. The van der Waals surface area contributed by atoms with Crippen LogP contribution in [0.2, 0.25) is 0 Å². The van der Waals surface area contributed by atoms with E-state index in [9.17, 15) is 21.9 Å². The van der Waals surface area contributed by atoms with Gasteiger partial charge in [0, 0.05) is 6.54 Å². The minimum Gasteiger partial charge on any atom is -0.507 e. The number of rotatable bonds is 9. The number of anilines is 1. The maximum Gasteiger partial charge on any atom is 0.226 e. The Morgan fingerprint density at radius 2 is 1.93 bits per heavy atom. The fourth-order valence-corrected chi connectivity index (χ4v) is 6.21. The van der Waals surface area contributed by atoms with Crippen molar-refractivity contribution in [2.45, 2.75) is 18.0 Å². The van der Waals surface area contributed by atoms with E-state index in [0.29, 0.717) is 11.2 Å². The van der Waals surface area contributed by atoms with Gasteiger partial charge in [-0.2, -0.15) is 0 Å². The summed E-state index contributed by atoms with van der Waals surface area (Å²) < 4.78 is 58.2. The van der Waals surface area contributed by atoms with Crippen molar-refractivity contribution in [3.63, 3.8) is 0 Å². The molecule has 0 bridgehead atoms. The van der Waals surface area contributed by atoms with Gasteiger partial charge in [-0.3, -0.25) is 4.57 Å². The zero-order valence-corrected chi connectivity index (χ0v) is 17.5. The minimum atomic E-state index is -4.25. The number of nitrogen functional groups attached to an aromatic ring is 1. The predicted octanol–water partition coefficient (Wildman–Crippen LogP) is 0.000000000000000111. The molecule has 1 aromatic carbocycles. The molecule has 162 valence electrons. The zero-order chi connectivity index (χ0) is 21.9. The number of hydrogen-bond donors (Lipinski definition) is 3. The van der Waals surface area contributed by atoms with Gasteiger partial charge in [0.05, 0.1) is 12.9 Å². The lowest BCUT2D eigenvalue weighted by Crippen LogP contribution is -2.33. The lowest BCUT2D eigenvalue weighted by atomic mass is 10.3. The second-order valence-electron chi connectivity index (χ2n) is 6.26. The van der Waals surface area contributed by atoms with Gasteiger partial charge in [-0.1, -0.05) is 12.1 Å². The average Bonchev–Trinajstić information content (AvgIpc) is 3.10. The number of fused-ring (bicyclic) bond motifs is 1. The van der Waals surface area contributed by atoms with Crippen LogP contribution in [0.4, 0.5) is 5.82 Å². The largest absolute Gasteiger partial charge is 0.507 e. The first kappa shape index (κ1) is 21.9. The van der Waals surface area contributed by atoms with Crippen LogP contribution >= 0.6 is 0 Å². The number of benzene rings is 1. The van der Waals surface area contributed by atoms with E-state index >= 15 is 0 Å². The number of imidazole rings is 1. The highest BCUT2D eigenvalue weighted by molar-refractivity contribution is 8.07. The van der Waals surface area contributed by atoms with E-state index in [0.717, 1.165) is 6.07 Å². The minimum absolute atomic E-state index is 0.0444. The summed E-state index contributed by atoms with van der Waals surface area (Å²) in [6, 6.07) is 5.13. The van der Waals surface area contributed by atoms with Crippen molar-refractivity contribution in [3.8, 4) is 5.75 Å². The van der Waals surface area contributed by atoms with Crippen molar-refractivity contribution in [3.05, 3.63) is 36.9 Å². The molecule has 12 nitrogen and oxygen atoms in total. The number of sulfone groups is 1. The molecule has 0 saturated carbocycles. The summed E-state index contributed by atoms with van der Waals surface area (Å²) in [7, 11) is -8.43. The number of aromatic nitrogens is 4. The van der Waals surface area contributed by atoms with Crippen molar-refractivity contribution in [1.29, 1.82) is 0 Å². The monoisotopic (exact) mass is 456 g/mol. The standard InChI is InChI=1S/C16H20N6O6S2/c1-11(22-9-20-14-15(17)18-8-19-16(14)22)28-7-6-21-30(26,27)10-29(24,25)13-5-3-2-4-12(13)23/h2-5,8-9,11,21,23H,6-7,10H2,1H3,(H2,17,18,19)/t11-/m1/s1. The quantitative estimate of drug-likeness (QED) is 0.371. The van der Waals surface area contributed by atoms with Gasteiger partial charge < -0.3 is 15.6 Å². The van der Waals surface area contributed by atoms with Crippen LogP contribution in [0.1, 0.15) is 13.2 Å². The number of hydrogen-bond acceptors (Lipinski definition) is 10. The van der Waals surface area contributed by atoms with E-state index in [1.54, 1.807) is 11.5 Å². The van der Waals surface area contributed by atoms with E-state index in [2.05, 4.69) is 19.7 Å². The highest BCUT2D eigenvalue weighted by Gasteiger charge is 2.26. The lowest BCUT2D eigenvalue weighted by molar-refractivity contribution is 0.0224. The fourth-order valence-electron chi connectivity index (χ4n) is 2.67. The Balaban J connectivity index is 1.56. The third-order valence-electron chi connectivity index (χ3n) is 4.07. The number of phenolic OH excluding ortho intramolecular Hbond substituents is 1. The number of nitrogens with one attached hydrogen (secondary N) is 1. The number of phenols is 1. The predicted molar refractivity (Wildman–Crippen MR) is 107 cm³/mol. The third-order valence-corrected chi connectivity index (χ3v) is 8.21. The van der Waals surface area contributed by atoms with Crippen molar-refractivity contribution in [2.75, 3.05) is 24.0 Å². The van der Waals surface area contributed by atoms with Gasteiger partial charge in [-0.05, 0) is 19.1 Å². The van der Waals surface area contributed by atoms with E-state index in [4.69, 9.17) is 10.5 Å². The molecule has 3 rings (SSSR count). The molecule has 0 aliphatic carbocycles. The highest BCUT2D eigenvalue weighted by atomic mass is 32.3. The summed E-state index contributed by atoms with van der Waals surface area (Å²) in [4.78, 5) is 11.6. The molecule has 2 heterocycles. The Morgan fingerprint density at radius 1 is 1.20 bits per heavy atom. The molecular weight excluding hydrogens is 436 g/mol. The summed E-state index contributed by atoms with van der Waals surface area (Å²) in [6.45, 7) is 1.50. The number of sulfonamides is 1. The molecule has 0 radical (unpaired) electrons. The molecule has 0 aliphatic heterocycles. The van der Waals surface area contributed by atoms with Crippen molar-refractivity contribution >= 4 is 36.8 Å². The van der Waals surface area contributed by atoms with E-state index in [1.165, 1.54) is 30.9 Å². The summed E-state index contributed by atoms with van der Waals surface area (Å²) >= 11 is 0. The van der Waals surface area contributed by atoms with Gasteiger partial charge in [0.15, 0.2) is 26.4 Å². The first-order valence-electron chi connectivity index (χ1n) is 8.63. The molecule has 0 spiro atoms. The van der Waals surface area contributed by atoms with Crippen LogP contribution in [0.15, 0.2) is 41.8 Å². The summed E-state index contributed by atoms with van der Waals surface area (Å²) in [6.07, 6.45) is 2.23. The molecule has 0 aliphatic rings. The smallest absolute Gasteiger partial charge is 0.226 e. The molecule has 2 aromatic heterocycles. The molecular formula is C16H20N6O6S2. The first-order chi connectivity index (χ1) is 14.1. The van der Waals surface area contributed by atoms with Crippen LogP contribution in [0.5, 0.6) is 5.75 Å². The van der Waals surface area contributed by atoms with Crippen LogP contribution in [-0.2, 0) is 24.6 Å². The van der Waals surface area contributed by atoms with Gasteiger partial charge in [0.25, 0.3) is 0 Å². The molecule has 14 heteroatoms. The van der Waals surface area contributed by atoms with Crippen LogP contribution in [0, 0.1) is 0 Å². The molecule has 4 N–H and O–H groups in total. The number of nitrogens with two attached hydrogens (primary N) is 1. The Morgan fingerprint density at radius 3 is 2.67 bits per heavy atom. The summed E-state index contributed by atoms with van der Waals surface area (Å²) in [5.41, 5.74) is 6.61. The maximum absolute atomic E-state index is 12.3. The number of nitrogens with zero attached hydrogens (tertiary/aromatic N) is 4. The van der Waals surface area contributed by atoms with Gasteiger partial charge in [-0.15, -0.1) is 0 Å². The second kappa shape index (κ2) is 8.51. The molecule has 3 aromatic rings. The Bertz CT molecular complexity index is 1260. The zero-order valence-electron chi connectivity index (χ0n) is 15.8. The third kappa shape index (κ3) is 4.84. The normalized spacial score (nSPS) is 13.5. The molecule has 0 unspecified atom stereocenters. The highest BCUT2D eigenvalue weighted by Crippen LogP contribution is 2.23. The second-order valence-corrected chi connectivity index (χ2v) is 10.4. The van der Waals surface area contributed by atoms with Gasteiger partial charge >= 0.3 is 0 Å². The number of para-hydroxylation sites is 1. The first-order valence-corrected chi connectivity index (χ1v) is 11.9. The van der Waals surface area contributed by atoms with Crippen molar-refractivity contribution < 1.29 is 26.7 Å². The molecule has 0 saturated heterocycles.